The third kappa shape index (κ3) is 3.68. The third-order valence-corrected chi connectivity index (χ3v) is 5.84. The van der Waals surface area contributed by atoms with Gasteiger partial charge in [0.15, 0.2) is 5.65 Å². The number of nitrogens with one attached hydrogen (secondary N) is 3. The van der Waals surface area contributed by atoms with Crippen LogP contribution in [0.15, 0.2) is 58.1 Å². The molecule has 0 aliphatic carbocycles. The molecule has 2 aromatic carbocycles. The topological polar surface area (TPSA) is 130 Å². The van der Waals surface area contributed by atoms with Gasteiger partial charge in [-0.05, 0) is 30.2 Å². The van der Waals surface area contributed by atoms with Crippen molar-refractivity contribution >= 4 is 28.1 Å². The molecule has 1 atom stereocenters. The van der Waals surface area contributed by atoms with Crippen LogP contribution in [0.1, 0.15) is 28.8 Å². The highest BCUT2D eigenvalue weighted by Gasteiger charge is 2.22. The minimum absolute atomic E-state index is 0.102. The Morgan fingerprint density at radius 3 is 2.56 bits per heavy atom. The number of aryl methyl sites for hydroxylation is 2. The molecule has 0 radical (unpaired) electrons. The van der Waals surface area contributed by atoms with Crippen LogP contribution in [0, 0.1) is 6.92 Å². The Balaban J connectivity index is 1.47. The number of rotatable bonds is 5. The Morgan fingerprint density at radius 1 is 1.03 bits per heavy atom. The molecule has 5 rings (SSSR count). The summed E-state index contributed by atoms with van der Waals surface area (Å²) < 4.78 is 2.27. The maximum Gasteiger partial charge on any atom is 0.332 e. The predicted octanol–water partition coefficient (Wildman–Crippen LogP) is 1.59. The van der Waals surface area contributed by atoms with Crippen molar-refractivity contribution in [2.24, 2.45) is 14.1 Å². The number of benzene rings is 2. The molecule has 0 saturated heterocycles. The molecule has 5 aromatic rings. The molecule has 0 aliphatic heterocycles. The smallest absolute Gasteiger partial charge is 0.332 e. The summed E-state index contributed by atoms with van der Waals surface area (Å²) in [5.74, 6) is 0.588. The fourth-order valence-electron chi connectivity index (χ4n) is 4.06. The van der Waals surface area contributed by atoms with Crippen molar-refractivity contribution in [3.05, 3.63) is 92.1 Å². The normalized spacial score (nSPS) is 12.3. The van der Waals surface area contributed by atoms with Gasteiger partial charge in [-0.1, -0.05) is 36.4 Å². The SMILES string of the molecule is Cc1ccc2nc(C(NC(=O)Cc3nc4c([nH]3)c(=O)n(C)c(=O)n4C)c3ccccc3)[nH]c2c1. The van der Waals surface area contributed by atoms with Crippen LogP contribution in [0.3, 0.4) is 0 Å². The molecule has 3 aromatic heterocycles. The number of H-pyrrole nitrogens is 2. The maximum absolute atomic E-state index is 13.1. The summed E-state index contributed by atoms with van der Waals surface area (Å²) >= 11 is 0. The van der Waals surface area contributed by atoms with Crippen LogP contribution in [-0.2, 0) is 25.3 Å². The van der Waals surface area contributed by atoms with Gasteiger partial charge < -0.3 is 15.3 Å². The molecule has 0 aliphatic rings. The Bertz CT molecular complexity index is 1660. The standard InChI is InChI=1S/C24H23N7O3/c1-13-9-10-15-16(11-13)26-21(25-15)19(14-7-5-4-6-8-14)29-18(32)12-17-27-20-22(28-17)30(2)24(34)31(3)23(20)33/h4-11,19H,12H2,1-3H3,(H,25,26)(H,27,28)(H,29,32). The number of fused-ring (bicyclic) bond motifs is 2. The van der Waals surface area contributed by atoms with Crippen LogP contribution in [-0.4, -0.2) is 35.0 Å². The van der Waals surface area contributed by atoms with Gasteiger partial charge in [-0.2, -0.15) is 0 Å². The second kappa shape index (κ2) is 8.14. The number of aromatic nitrogens is 6. The maximum atomic E-state index is 13.1. The van der Waals surface area contributed by atoms with Crippen LogP contribution in [0.5, 0.6) is 0 Å². The summed E-state index contributed by atoms with van der Waals surface area (Å²) in [5, 5.41) is 3.03. The summed E-state index contributed by atoms with van der Waals surface area (Å²) in [7, 11) is 2.93. The lowest BCUT2D eigenvalue weighted by atomic mass is 10.1. The van der Waals surface area contributed by atoms with E-state index < -0.39 is 17.3 Å². The van der Waals surface area contributed by atoms with Crippen LogP contribution in [0.4, 0.5) is 0 Å². The average molecular weight is 457 g/mol. The number of nitrogens with zero attached hydrogens (tertiary/aromatic N) is 4. The largest absolute Gasteiger partial charge is 0.342 e. The van der Waals surface area contributed by atoms with Crippen LogP contribution in [0.2, 0.25) is 0 Å². The zero-order valence-electron chi connectivity index (χ0n) is 18.9. The van der Waals surface area contributed by atoms with Gasteiger partial charge in [-0.25, -0.2) is 14.8 Å². The van der Waals surface area contributed by atoms with E-state index >= 15 is 0 Å². The first-order valence-corrected chi connectivity index (χ1v) is 10.8. The van der Waals surface area contributed by atoms with E-state index in [0.717, 1.165) is 26.7 Å². The van der Waals surface area contributed by atoms with Crippen LogP contribution < -0.4 is 16.6 Å². The number of imidazole rings is 2. The van der Waals surface area contributed by atoms with Gasteiger partial charge in [-0.15, -0.1) is 0 Å². The number of amides is 1. The Kier molecular flexibility index (Phi) is 5.12. The molecule has 0 spiro atoms. The van der Waals surface area contributed by atoms with E-state index in [1.54, 1.807) is 0 Å². The van der Waals surface area contributed by atoms with Crippen molar-refractivity contribution in [2.75, 3.05) is 0 Å². The van der Waals surface area contributed by atoms with Crippen molar-refractivity contribution in [1.82, 2.24) is 34.4 Å². The summed E-state index contributed by atoms with van der Waals surface area (Å²) in [6, 6.07) is 15.0. The van der Waals surface area contributed by atoms with E-state index in [1.165, 1.54) is 18.7 Å². The Morgan fingerprint density at radius 2 is 1.79 bits per heavy atom. The monoisotopic (exact) mass is 457 g/mol. The van der Waals surface area contributed by atoms with Gasteiger partial charge in [0, 0.05) is 14.1 Å². The van der Waals surface area contributed by atoms with Gasteiger partial charge in [0.25, 0.3) is 5.56 Å². The minimum Gasteiger partial charge on any atom is -0.342 e. The molecule has 0 fully saturated rings. The number of carbonyl (C=O) groups is 1. The highest BCUT2D eigenvalue weighted by atomic mass is 16.2. The molecular weight excluding hydrogens is 434 g/mol. The van der Waals surface area contributed by atoms with Crippen molar-refractivity contribution in [1.29, 1.82) is 0 Å². The highest BCUT2D eigenvalue weighted by Crippen LogP contribution is 2.23. The van der Waals surface area contributed by atoms with Gasteiger partial charge in [0.05, 0.1) is 17.5 Å². The summed E-state index contributed by atoms with van der Waals surface area (Å²) in [6.45, 7) is 2.01. The molecule has 0 bridgehead atoms. The average Bonchev–Trinajstić information content (AvgIpc) is 3.44. The molecule has 0 saturated carbocycles. The van der Waals surface area contributed by atoms with Crippen molar-refractivity contribution in [2.45, 2.75) is 19.4 Å². The Labute approximate surface area is 193 Å². The summed E-state index contributed by atoms with van der Waals surface area (Å²) in [5.41, 5.74) is 3.09. The number of aromatic amines is 2. The van der Waals surface area contributed by atoms with E-state index in [2.05, 4.69) is 20.3 Å². The number of hydrogen-bond donors (Lipinski definition) is 3. The number of hydrogen-bond acceptors (Lipinski definition) is 5. The fourth-order valence-corrected chi connectivity index (χ4v) is 4.06. The molecule has 34 heavy (non-hydrogen) atoms. The molecule has 1 amide bonds. The first-order valence-electron chi connectivity index (χ1n) is 10.8. The first-order chi connectivity index (χ1) is 16.3. The van der Waals surface area contributed by atoms with E-state index in [9.17, 15) is 14.4 Å². The van der Waals surface area contributed by atoms with E-state index in [0.29, 0.717) is 5.82 Å². The van der Waals surface area contributed by atoms with E-state index in [1.807, 2.05) is 55.5 Å². The van der Waals surface area contributed by atoms with Crippen LogP contribution >= 0.6 is 0 Å². The van der Waals surface area contributed by atoms with Crippen molar-refractivity contribution < 1.29 is 4.79 Å². The van der Waals surface area contributed by atoms with Crippen molar-refractivity contribution in [3.63, 3.8) is 0 Å². The number of carbonyl (C=O) groups excluding carboxylic acids is 1. The lowest BCUT2D eigenvalue weighted by Gasteiger charge is -2.17. The molecule has 172 valence electrons. The lowest BCUT2D eigenvalue weighted by Crippen LogP contribution is -2.36. The summed E-state index contributed by atoms with van der Waals surface area (Å²) in [6.07, 6.45) is -0.102. The van der Waals surface area contributed by atoms with Crippen molar-refractivity contribution in [3.8, 4) is 0 Å². The molecule has 10 nitrogen and oxygen atoms in total. The zero-order valence-corrected chi connectivity index (χ0v) is 18.9. The lowest BCUT2D eigenvalue weighted by molar-refractivity contribution is -0.121. The fraction of sp³-hybridized carbons (Fsp3) is 0.208. The highest BCUT2D eigenvalue weighted by molar-refractivity contribution is 5.81. The van der Waals surface area contributed by atoms with E-state index in [4.69, 9.17) is 4.98 Å². The molecule has 1 unspecified atom stereocenters. The molecule has 3 heterocycles. The quantitative estimate of drug-likeness (QED) is 0.369. The van der Waals surface area contributed by atoms with Crippen LogP contribution in [0.25, 0.3) is 22.2 Å². The molecular formula is C24H23N7O3. The predicted molar refractivity (Wildman–Crippen MR) is 128 cm³/mol. The molecule has 10 heteroatoms. The summed E-state index contributed by atoms with van der Waals surface area (Å²) in [4.78, 5) is 52.9. The second-order valence-electron chi connectivity index (χ2n) is 8.32. The van der Waals surface area contributed by atoms with Gasteiger partial charge in [0.2, 0.25) is 5.91 Å². The third-order valence-electron chi connectivity index (χ3n) is 5.84. The van der Waals surface area contributed by atoms with Gasteiger partial charge in [-0.3, -0.25) is 18.7 Å². The van der Waals surface area contributed by atoms with Gasteiger partial charge in [0.1, 0.15) is 23.2 Å². The minimum atomic E-state index is -0.511. The first kappa shape index (κ1) is 21.4. The van der Waals surface area contributed by atoms with E-state index in [-0.39, 0.29) is 29.3 Å². The Hall–Kier alpha value is -4.47. The second-order valence-corrected chi connectivity index (χ2v) is 8.32. The molecule has 3 N–H and O–H groups in total. The van der Waals surface area contributed by atoms with Gasteiger partial charge >= 0.3 is 5.69 Å². The zero-order chi connectivity index (χ0) is 24.0.